The van der Waals surface area contributed by atoms with Gasteiger partial charge in [-0.25, -0.2) is 23.5 Å². The highest BCUT2D eigenvalue weighted by atomic mass is 19.1. The number of carbonyl (C=O) groups is 1. The molecule has 0 bridgehead atoms. The number of benzene rings is 3. The van der Waals surface area contributed by atoms with Gasteiger partial charge >= 0.3 is 5.97 Å². The number of hydrogen-bond donors (Lipinski definition) is 1. The van der Waals surface area contributed by atoms with Crippen LogP contribution in [0.4, 0.5) is 8.78 Å². The van der Waals surface area contributed by atoms with Crippen molar-refractivity contribution >= 4 is 17.0 Å². The van der Waals surface area contributed by atoms with Crippen molar-refractivity contribution in [3.8, 4) is 17.1 Å². The van der Waals surface area contributed by atoms with Crippen molar-refractivity contribution in [2.45, 2.75) is 40.0 Å². The molecule has 0 atom stereocenters. The maximum Gasteiger partial charge on any atom is 0.335 e. The molecule has 9 nitrogen and oxygen atoms in total. The van der Waals surface area contributed by atoms with E-state index in [0.29, 0.717) is 57.5 Å². The highest BCUT2D eigenvalue weighted by Crippen LogP contribution is 2.26. The normalized spacial score (nSPS) is 11.3. The third kappa shape index (κ3) is 5.89. The van der Waals surface area contributed by atoms with Crippen LogP contribution in [-0.4, -0.2) is 40.4 Å². The maximum absolute atomic E-state index is 15.6. The summed E-state index contributed by atoms with van der Waals surface area (Å²) < 4.78 is 39.3. The van der Waals surface area contributed by atoms with Crippen LogP contribution in [0.25, 0.3) is 22.3 Å². The van der Waals surface area contributed by atoms with E-state index in [2.05, 4.69) is 15.2 Å². The van der Waals surface area contributed by atoms with Crippen molar-refractivity contribution in [3.05, 3.63) is 125 Å². The van der Waals surface area contributed by atoms with E-state index in [9.17, 15) is 14.3 Å². The molecular weight excluding hydrogens is 566 g/mol. The molecule has 3 aromatic heterocycles. The average Bonchev–Trinajstić information content (AvgIpc) is 3.61. The first kappa shape index (κ1) is 28.7. The van der Waals surface area contributed by atoms with Gasteiger partial charge in [-0.15, -0.1) is 10.2 Å². The number of carboxylic acids is 1. The molecule has 0 saturated heterocycles. The number of hydrogen-bond acceptors (Lipinski definition) is 6. The number of nitrogens with zero attached hydrogens (tertiary/aromatic N) is 6. The summed E-state index contributed by atoms with van der Waals surface area (Å²) in [5, 5.41) is 17.8. The zero-order valence-corrected chi connectivity index (χ0v) is 24.0. The van der Waals surface area contributed by atoms with E-state index < -0.39 is 11.8 Å². The molecule has 44 heavy (non-hydrogen) atoms. The number of imidazole rings is 1. The number of aryl methyl sites for hydroxylation is 2. The standard InChI is InChI=1S/C33H28F2N6O3/c1-3-40-19-36-39-31(40)17-41-29-15-23(33(42)43)11-12-28(29)37-30(41)16-21-9-10-22(14-26(21)35)27-5-4-6-32(38-27)44-18-24-8-7-20(2)13-25(24)34/h4-15,19H,3,16-18H2,1-2H3,(H,42,43). The Morgan fingerprint density at radius 3 is 2.52 bits per heavy atom. The van der Waals surface area contributed by atoms with Crippen LogP contribution in [0.3, 0.4) is 0 Å². The second-order valence-electron chi connectivity index (χ2n) is 10.4. The number of aromatic nitrogens is 6. The summed E-state index contributed by atoms with van der Waals surface area (Å²) in [4.78, 5) is 20.9. The molecule has 3 aromatic carbocycles. The van der Waals surface area contributed by atoms with E-state index in [4.69, 9.17) is 9.72 Å². The quantitative estimate of drug-likeness (QED) is 0.201. The highest BCUT2D eigenvalue weighted by Gasteiger charge is 2.18. The lowest BCUT2D eigenvalue weighted by Gasteiger charge is -2.12. The zero-order chi connectivity index (χ0) is 30.8. The molecule has 0 amide bonds. The van der Waals surface area contributed by atoms with Gasteiger partial charge in [0.25, 0.3) is 0 Å². The summed E-state index contributed by atoms with van der Waals surface area (Å²) in [6.45, 7) is 4.74. The third-order valence-corrected chi connectivity index (χ3v) is 7.42. The van der Waals surface area contributed by atoms with E-state index in [1.54, 1.807) is 54.9 Å². The summed E-state index contributed by atoms with van der Waals surface area (Å²) in [5.41, 5.74) is 4.02. The van der Waals surface area contributed by atoms with E-state index in [1.165, 1.54) is 18.2 Å². The Hall–Kier alpha value is -5.45. The first-order chi connectivity index (χ1) is 21.3. The van der Waals surface area contributed by atoms with Crippen LogP contribution >= 0.6 is 0 Å². The summed E-state index contributed by atoms with van der Waals surface area (Å²) >= 11 is 0. The van der Waals surface area contributed by atoms with Crippen molar-refractivity contribution in [2.75, 3.05) is 0 Å². The lowest BCUT2D eigenvalue weighted by Crippen LogP contribution is -2.11. The van der Waals surface area contributed by atoms with Gasteiger partial charge in [-0.2, -0.15) is 0 Å². The average molecular weight is 595 g/mol. The minimum absolute atomic E-state index is 0.0133. The van der Waals surface area contributed by atoms with Gasteiger partial charge in [0.1, 0.15) is 30.4 Å². The highest BCUT2D eigenvalue weighted by molar-refractivity contribution is 5.92. The fourth-order valence-electron chi connectivity index (χ4n) is 5.02. The zero-order valence-electron chi connectivity index (χ0n) is 24.0. The number of ether oxygens (including phenoxy) is 1. The molecule has 3 heterocycles. The van der Waals surface area contributed by atoms with Crippen LogP contribution in [0.2, 0.25) is 0 Å². The molecular formula is C33H28F2N6O3. The second-order valence-corrected chi connectivity index (χ2v) is 10.4. The largest absolute Gasteiger partial charge is 0.478 e. The van der Waals surface area contributed by atoms with Crippen molar-refractivity contribution in [1.29, 1.82) is 0 Å². The molecule has 0 aliphatic heterocycles. The molecule has 6 rings (SSSR count). The van der Waals surface area contributed by atoms with E-state index in [1.807, 2.05) is 29.0 Å². The fraction of sp³-hybridized carbons (Fsp3) is 0.182. The molecule has 0 fully saturated rings. The van der Waals surface area contributed by atoms with E-state index >= 15 is 4.39 Å². The van der Waals surface area contributed by atoms with Gasteiger partial charge in [-0.05, 0) is 61.4 Å². The van der Waals surface area contributed by atoms with Gasteiger partial charge in [0, 0.05) is 30.2 Å². The van der Waals surface area contributed by atoms with Crippen LogP contribution < -0.4 is 4.74 Å². The van der Waals surface area contributed by atoms with Crippen molar-refractivity contribution in [3.63, 3.8) is 0 Å². The summed E-state index contributed by atoms with van der Waals surface area (Å²) in [6, 6.07) is 19.7. The Morgan fingerprint density at radius 1 is 0.932 bits per heavy atom. The Kier molecular flexibility index (Phi) is 7.84. The van der Waals surface area contributed by atoms with Gasteiger partial charge in [0.15, 0.2) is 5.82 Å². The van der Waals surface area contributed by atoms with Gasteiger partial charge in [-0.3, -0.25) is 0 Å². The number of halogens is 2. The number of aromatic carboxylic acids is 1. The molecule has 11 heteroatoms. The van der Waals surface area contributed by atoms with Crippen LogP contribution in [0.15, 0.2) is 79.1 Å². The third-order valence-electron chi connectivity index (χ3n) is 7.42. The Morgan fingerprint density at radius 2 is 1.75 bits per heavy atom. The van der Waals surface area contributed by atoms with Gasteiger partial charge in [0.2, 0.25) is 5.88 Å². The molecule has 0 saturated carbocycles. The van der Waals surface area contributed by atoms with E-state index in [-0.39, 0.29) is 31.0 Å². The minimum atomic E-state index is -1.05. The monoisotopic (exact) mass is 594 g/mol. The molecule has 0 aliphatic carbocycles. The van der Waals surface area contributed by atoms with Crippen molar-refractivity contribution in [2.24, 2.45) is 0 Å². The fourth-order valence-corrected chi connectivity index (χ4v) is 5.02. The number of carboxylic acid groups (broad SMARTS) is 1. The molecule has 6 aromatic rings. The number of fused-ring (bicyclic) bond motifs is 1. The first-order valence-electron chi connectivity index (χ1n) is 14.0. The van der Waals surface area contributed by atoms with Gasteiger partial charge in [-0.1, -0.05) is 30.3 Å². The molecule has 1 N–H and O–H groups in total. The van der Waals surface area contributed by atoms with Gasteiger partial charge in [0.05, 0.1) is 28.8 Å². The van der Waals surface area contributed by atoms with Crippen LogP contribution in [0, 0.1) is 18.6 Å². The van der Waals surface area contributed by atoms with Crippen molar-refractivity contribution in [1.82, 2.24) is 29.3 Å². The van der Waals surface area contributed by atoms with Crippen molar-refractivity contribution < 1.29 is 23.4 Å². The Balaban J connectivity index is 1.27. The predicted molar refractivity (Wildman–Crippen MR) is 159 cm³/mol. The molecule has 222 valence electrons. The molecule has 0 aliphatic rings. The summed E-state index contributed by atoms with van der Waals surface area (Å²) in [6.07, 6.45) is 1.78. The SMILES string of the molecule is CCn1cnnc1Cn1c(Cc2ccc(-c3cccc(OCc4ccc(C)cc4F)n3)cc2F)nc2ccc(C(=O)O)cc21. The first-order valence-corrected chi connectivity index (χ1v) is 14.0. The topological polar surface area (TPSA) is 108 Å². The predicted octanol–water partition coefficient (Wildman–Crippen LogP) is 6.21. The Bertz CT molecular complexity index is 2000. The smallest absolute Gasteiger partial charge is 0.335 e. The summed E-state index contributed by atoms with van der Waals surface area (Å²) in [7, 11) is 0. The lowest BCUT2D eigenvalue weighted by molar-refractivity contribution is 0.0697. The Labute approximate surface area is 251 Å². The number of pyridine rings is 1. The van der Waals surface area contributed by atoms with Crippen LogP contribution in [0.1, 0.15) is 45.6 Å². The molecule has 0 spiro atoms. The maximum atomic E-state index is 15.6. The second kappa shape index (κ2) is 12.0. The van der Waals surface area contributed by atoms with Crippen LogP contribution in [-0.2, 0) is 26.1 Å². The minimum Gasteiger partial charge on any atom is -0.478 e. The van der Waals surface area contributed by atoms with Gasteiger partial charge < -0.3 is 19.0 Å². The molecule has 0 radical (unpaired) electrons. The van der Waals surface area contributed by atoms with E-state index in [0.717, 1.165) is 5.56 Å². The molecule has 0 unspecified atom stereocenters. The lowest BCUT2D eigenvalue weighted by atomic mass is 10.1. The van der Waals surface area contributed by atoms with Crippen LogP contribution in [0.5, 0.6) is 5.88 Å². The summed E-state index contributed by atoms with van der Waals surface area (Å²) in [5.74, 6) is -0.327. The number of rotatable bonds is 10.